The molecule has 0 saturated heterocycles. The first kappa shape index (κ1) is 10.7. The van der Waals surface area contributed by atoms with Crippen molar-refractivity contribution in [3.8, 4) is 18.0 Å². The summed E-state index contributed by atoms with van der Waals surface area (Å²) >= 11 is 0. The smallest absolute Gasteiger partial charge is 0.177 e. The third-order valence-electron chi connectivity index (χ3n) is 2.44. The predicted molar refractivity (Wildman–Crippen MR) is 58.9 cm³/mol. The molecule has 0 bridgehead atoms. The molecule has 0 saturated carbocycles. The van der Waals surface area contributed by atoms with E-state index in [-0.39, 0.29) is 11.4 Å². The van der Waals surface area contributed by atoms with Crippen LogP contribution in [0.4, 0.5) is 5.69 Å². The second-order valence-electron chi connectivity index (χ2n) is 3.48. The van der Waals surface area contributed by atoms with Crippen molar-refractivity contribution in [2.75, 3.05) is 5.73 Å². The zero-order valence-electron chi connectivity index (χ0n) is 9.34. The molecule has 0 amide bonds. The Morgan fingerprint density at radius 1 is 1.35 bits per heavy atom. The number of nitriles is 2. The second kappa shape index (κ2) is 3.65. The first-order valence-electron chi connectivity index (χ1n) is 4.77. The molecule has 0 atom stereocenters. The van der Waals surface area contributed by atoms with Gasteiger partial charge in [-0.1, -0.05) is 0 Å². The van der Waals surface area contributed by atoms with Gasteiger partial charge in [-0.25, -0.2) is 9.67 Å². The summed E-state index contributed by atoms with van der Waals surface area (Å²) in [6.07, 6.45) is 1.39. The maximum atomic E-state index is 9.04. The van der Waals surface area contributed by atoms with E-state index in [0.717, 1.165) is 0 Å². The molecule has 2 aromatic rings. The number of nitrogens with two attached hydrogens (primary N) is 1. The van der Waals surface area contributed by atoms with E-state index in [1.165, 1.54) is 10.9 Å². The van der Waals surface area contributed by atoms with Crippen molar-refractivity contribution in [2.45, 2.75) is 6.92 Å². The van der Waals surface area contributed by atoms with Gasteiger partial charge in [0, 0.05) is 7.05 Å². The van der Waals surface area contributed by atoms with Crippen molar-refractivity contribution in [1.29, 1.82) is 10.5 Å². The Balaban J connectivity index is 2.75. The highest BCUT2D eigenvalue weighted by Gasteiger charge is 2.18. The van der Waals surface area contributed by atoms with E-state index in [4.69, 9.17) is 16.3 Å². The van der Waals surface area contributed by atoms with Crippen LogP contribution in [0.25, 0.3) is 5.82 Å². The average Bonchev–Trinajstić information content (AvgIpc) is 2.81. The number of anilines is 1. The van der Waals surface area contributed by atoms with Crippen LogP contribution < -0.4 is 5.73 Å². The van der Waals surface area contributed by atoms with Crippen LogP contribution in [0.5, 0.6) is 0 Å². The quantitative estimate of drug-likeness (QED) is 0.750. The third kappa shape index (κ3) is 1.42. The number of hydrogen-bond acceptors (Lipinski definition) is 5. The van der Waals surface area contributed by atoms with Gasteiger partial charge >= 0.3 is 0 Å². The molecule has 0 aromatic carbocycles. The fraction of sp³-hybridized carbons (Fsp3) is 0.200. The van der Waals surface area contributed by atoms with Crippen molar-refractivity contribution < 1.29 is 0 Å². The fourth-order valence-corrected chi connectivity index (χ4v) is 1.65. The molecular weight excluding hydrogens is 218 g/mol. The molecule has 0 fully saturated rings. The molecule has 2 rings (SSSR count). The molecule has 2 heterocycles. The Morgan fingerprint density at radius 3 is 2.53 bits per heavy atom. The molecule has 84 valence electrons. The van der Waals surface area contributed by atoms with Gasteiger partial charge in [0.15, 0.2) is 17.2 Å². The predicted octanol–water partition coefficient (Wildman–Crippen LogP) is 0.240. The lowest BCUT2D eigenvalue weighted by Gasteiger charge is -2.04. The molecule has 0 aliphatic heterocycles. The summed E-state index contributed by atoms with van der Waals surface area (Å²) in [5.41, 5.74) is 7.24. The minimum absolute atomic E-state index is 0.0748. The second-order valence-corrected chi connectivity index (χ2v) is 3.48. The number of hydrogen-bond donors (Lipinski definition) is 1. The monoisotopic (exact) mass is 227 g/mol. The summed E-state index contributed by atoms with van der Waals surface area (Å²) < 4.78 is 3.02. The highest BCUT2D eigenvalue weighted by Crippen LogP contribution is 2.22. The van der Waals surface area contributed by atoms with Crippen LogP contribution in [0, 0.1) is 29.6 Å². The summed E-state index contributed by atoms with van der Waals surface area (Å²) in [6, 6.07) is 3.80. The van der Waals surface area contributed by atoms with Gasteiger partial charge in [-0.05, 0) is 6.92 Å². The van der Waals surface area contributed by atoms with Crippen LogP contribution in [0.2, 0.25) is 0 Å². The van der Waals surface area contributed by atoms with Crippen LogP contribution >= 0.6 is 0 Å². The molecule has 7 heteroatoms. The number of imidazole rings is 1. The zero-order valence-corrected chi connectivity index (χ0v) is 9.34. The number of nitrogens with zero attached hydrogens (tertiary/aromatic N) is 6. The van der Waals surface area contributed by atoms with Crippen molar-refractivity contribution in [3.05, 3.63) is 23.4 Å². The molecule has 0 aliphatic carbocycles. The van der Waals surface area contributed by atoms with Crippen molar-refractivity contribution in [1.82, 2.24) is 19.3 Å². The van der Waals surface area contributed by atoms with Gasteiger partial charge in [-0.2, -0.15) is 15.6 Å². The average molecular weight is 227 g/mol. The van der Waals surface area contributed by atoms with Crippen molar-refractivity contribution in [2.24, 2.45) is 7.05 Å². The molecule has 0 radical (unpaired) electrons. The van der Waals surface area contributed by atoms with E-state index >= 15 is 0 Å². The lowest BCUT2D eigenvalue weighted by atomic mass is 10.3. The van der Waals surface area contributed by atoms with Crippen LogP contribution in [-0.2, 0) is 7.05 Å². The topological polar surface area (TPSA) is 109 Å². The van der Waals surface area contributed by atoms with E-state index in [1.54, 1.807) is 18.7 Å². The Hall–Kier alpha value is -2.80. The Kier molecular flexibility index (Phi) is 2.30. The van der Waals surface area contributed by atoms with Crippen molar-refractivity contribution in [3.63, 3.8) is 0 Å². The Morgan fingerprint density at radius 2 is 2.06 bits per heavy atom. The first-order valence-corrected chi connectivity index (χ1v) is 4.77. The maximum Gasteiger partial charge on any atom is 0.177 e. The number of aromatic nitrogens is 4. The lowest BCUT2D eigenvalue weighted by molar-refractivity contribution is 0.720. The number of aryl methyl sites for hydroxylation is 2. The van der Waals surface area contributed by atoms with Gasteiger partial charge < -0.3 is 5.73 Å². The van der Waals surface area contributed by atoms with Crippen molar-refractivity contribution >= 4 is 5.69 Å². The van der Waals surface area contributed by atoms with Gasteiger partial charge in [0.1, 0.15) is 18.5 Å². The summed E-state index contributed by atoms with van der Waals surface area (Å²) in [4.78, 5) is 3.86. The zero-order chi connectivity index (χ0) is 12.6. The SMILES string of the molecule is Cc1nn(C)c(-n2cnc(C#N)c2C#N)c1N. The van der Waals surface area contributed by atoms with Gasteiger partial charge in [-0.3, -0.25) is 4.57 Å². The molecule has 2 N–H and O–H groups in total. The minimum Gasteiger partial charge on any atom is -0.394 e. The van der Waals surface area contributed by atoms with Gasteiger partial charge in [0.25, 0.3) is 0 Å². The van der Waals surface area contributed by atoms with E-state index in [0.29, 0.717) is 17.2 Å². The highest BCUT2D eigenvalue weighted by atomic mass is 15.3. The maximum absolute atomic E-state index is 9.04. The van der Waals surface area contributed by atoms with Gasteiger partial charge in [-0.15, -0.1) is 0 Å². The molecule has 0 aliphatic rings. The minimum atomic E-state index is 0.0748. The first-order chi connectivity index (χ1) is 8.10. The Labute approximate surface area is 97.3 Å². The highest BCUT2D eigenvalue weighted by molar-refractivity contribution is 5.59. The van der Waals surface area contributed by atoms with Crippen LogP contribution in [0.3, 0.4) is 0 Å². The molecule has 0 unspecified atom stereocenters. The largest absolute Gasteiger partial charge is 0.394 e. The number of nitrogen functional groups attached to an aromatic ring is 1. The van der Waals surface area contributed by atoms with E-state index in [2.05, 4.69) is 10.1 Å². The standard InChI is InChI=1S/C10H9N7/c1-6-9(13)10(16(2)15-6)17-5-14-7(3-11)8(17)4-12/h5H,13H2,1-2H3. The van der Waals surface area contributed by atoms with Crippen LogP contribution in [0.1, 0.15) is 17.1 Å². The normalized spacial score (nSPS) is 9.88. The van der Waals surface area contributed by atoms with E-state index in [1.807, 2.05) is 12.1 Å². The Bertz CT molecular complexity index is 662. The summed E-state index contributed by atoms with van der Waals surface area (Å²) in [5.74, 6) is 0.535. The summed E-state index contributed by atoms with van der Waals surface area (Å²) in [6.45, 7) is 1.77. The summed E-state index contributed by atoms with van der Waals surface area (Å²) in [7, 11) is 1.71. The third-order valence-corrected chi connectivity index (χ3v) is 2.44. The number of rotatable bonds is 1. The summed E-state index contributed by atoms with van der Waals surface area (Å²) in [5, 5.41) is 22.0. The van der Waals surface area contributed by atoms with Crippen LogP contribution in [0.15, 0.2) is 6.33 Å². The van der Waals surface area contributed by atoms with E-state index in [9.17, 15) is 0 Å². The lowest BCUT2D eigenvalue weighted by Crippen LogP contribution is -2.06. The van der Waals surface area contributed by atoms with E-state index < -0.39 is 0 Å². The molecule has 2 aromatic heterocycles. The van der Waals surface area contributed by atoms with Crippen LogP contribution in [-0.4, -0.2) is 19.3 Å². The van der Waals surface area contributed by atoms with Gasteiger partial charge in [0.2, 0.25) is 0 Å². The fourth-order valence-electron chi connectivity index (χ4n) is 1.65. The molecular formula is C10H9N7. The molecule has 7 nitrogen and oxygen atoms in total. The molecule has 0 spiro atoms. The molecule has 17 heavy (non-hydrogen) atoms. The van der Waals surface area contributed by atoms with Gasteiger partial charge in [0.05, 0.1) is 11.4 Å².